The van der Waals surface area contributed by atoms with Gasteiger partial charge in [0.15, 0.2) is 11.6 Å². The van der Waals surface area contributed by atoms with Crippen molar-refractivity contribution in [3.63, 3.8) is 0 Å². The Morgan fingerprint density at radius 2 is 1.63 bits per heavy atom. The van der Waals surface area contributed by atoms with Gasteiger partial charge in [0.25, 0.3) is 0 Å². The van der Waals surface area contributed by atoms with Crippen LogP contribution in [0.1, 0.15) is 16.8 Å². The lowest BCUT2D eigenvalue weighted by Gasteiger charge is -2.17. The highest BCUT2D eigenvalue weighted by molar-refractivity contribution is 9.12. The highest BCUT2D eigenvalue weighted by Gasteiger charge is 2.34. The zero-order valence-electron chi connectivity index (χ0n) is 9.45. The third-order valence-corrected chi connectivity index (χ3v) is 5.77. The van der Waals surface area contributed by atoms with E-state index in [-0.39, 0.29) is 10.6 Å². The molecule has 0 saturated carbocycles. The molecule has 0 radical (unpaired) electrons. The molecule has 1 aromatic carbocycles. The van der Waals surface area contributed by atoms with E-state index in [1.165, 1.54) is 0 Å². The summed E-state index contributed by atoms with van der Waals surface area (Å²) >= 11 is 23.0. The Kier molecular flexibility index (Phi) is 6.81. The van der Waals surface area contributed by atoms with E-state index in [1.54, 1.807) is 0 Å². The first-order valence-corrected chi connectivity index (χ1v) is 8.16. The Balaban J connectivity index is 2.70. The van der Waals surface area contributed by atoms with E-state index >= 15 is 0 Å². The molecule has 1 rings (SSSR count). The molecule has 0 unspecified atom stereocenters. The van der Waals surface area contributed by atoms with Gasteiger partial charge >= 0.3 is 0 Å². The van der Waals surface area contributed by atoms with Gasteiger partial charge in [-0.15, -0.1) is 0 Å². The van der Waals surface area contributed by atoms with Crippen LogP contribution in [0.2, 0.25) is 0 Å². The van der Waals surface area contributed by atoms with E-state index in [9.17, 15) is 9.59 Å². The van der Waals surface area contributed by atoms with Gasteiger partial charge in [-0.2, -0.15) is 0 Å². The molecule has 19 heavy (non-hydrogen) atoms. The van der Waals surface area contributed by atoms with E-state index in [0.717, 1.165) is 5.56 Å². The zero-order valence-corrected chi connectivity index (χ0v) is 14.9. The fourth-order valence-corrected chi connectivity index (χ4v) is 2.59. The van der Waals surface area contributed by atoms with E-state index in [4.69, 9.17) is 34.8 Å². The Morgan fingerprint density at radius 3 is 2.11 bits per heavy atom. The first-order chi connectivity index (χ1) is 8.73. The van der Waals surface area contributed by atoms with Crippen molar-refractivity contribution in [3.8, 4) is 0 Å². The molecule has 0 bridgehead atoms. The molecule has 0 aliphatic heterocycles. The van der Waals surface area contributed by atoms with Gasteiger partial charge in [-0.3, -0.25) is 9.59 Å². The fourth-order valence-electron chi connectivity index (χ4n) is 1.33. The SMILES string of the molecule is O=C(CC(=O)C(Cl)(Cl)Cl)[C@H](Br)[C@@H](Br)c1ccccc1. The first kappa shape index (κ1) is 17.4. The fraction of sp³-hybridized carbons (Fsp3) is 0.333. The Morgan fingerprint density at radius 1 is 1.11 bits per heavy atom. The second kappa shape index (κ2) is 7.41. The molecule has 0 N–H and O–H groups in total. The third-order valence-electron chi connectivity index (χ3n) is 2.33. The molecule has 0 spiro atoms. The second-order valence-corrected chi connectivity index (χ2v) is 8.03. The lowest BCUT2D eigenvalue weighted by Crippen LogP contribution is -2.27. The Bertz CT molecular complexity index is 460. The van der Waals surface area contributed by atoms with Gasteiger partial charge in [0.1, 0.15) is 0 Å². The number of hydrogen-bond acceptors (Lipinski definition) is 2. The molecule has 2 nitrogen and oxygen atoms in total. The van der Waals surface area contributed by atoms with Crippen LogP contribution in [0.5, 0.6) is 0 Å². The number of ketones is 2. The lowest BCUT2D eigenvalue weighted by atomic mass is 10.0. The highest BCUT2D eigenvalue weighted by Crippen LogP contribution is 2.34. The number of rotatable bonds is 5. The van der Waals surface area contributed by atoms with Crippen LogP contribution in [0.4, 0.5) is 0 Å². The maximum Gasteiger partial charge on any atom is 0.249 e. The molecular formula is C12H9Br2Cl3O2. The van der Waals surface area contributed by atoms with E-state index < -0.39 is 20.8 Å². The van der Waals surface area contributed by atoms with Crippen molar-refractivity contribution < 1.29 is 9.59 Å². The minimum Gasteiger partial charge on any atom is -0.298 e. The maximum atomic E-state index is 11.9. The standard InChI is InChI=1S/C12H9Br2Cl3O2/c13-10(7-4-2-1-3-5-7)11(14)8(18)6-9(19)12(15,16)17/h1-5,10-11H,6H2/t10-,11-/m0/s1. The number of alkyl halides is 5. The molecule has 0 saturated heterocycles. The van der Waals surface area contributed by atoms with Crippen molar-refractivity contribution in [2.24, 2.45) is 0 Å². The first-order valence-electron chi connectivity index (χ1n) is 5.19. The van der Waals surface area contributed by atoms with Crippen molar-refractivity contribution in [3.05, 3.63) is 35.9 Å². The molecule has 0 fully saturated rings. The number of carbonyl (C=O) groups is 2. The van der Waals surface area contributed by atoms with Gasteiger partial charge in [0, 0.05) is 0 Å². The zero-order chi connectivity index (χ0) is 14.6. The molecule has 0 aromatic heterocycles. The summed E-state index contributed by atoms with van der Waals surface area (Å²) in [5, 5.41) is 0. The summed E-state index contributed by atoms with van der Waals surface area (Å²) in [4.78, 5) is 22.6. The largest absolute Gasteiger partial charge is 0.298 e. The summed E-state index contributed by atoms with van der Waals surface area (Å²) in [6, 6.07) is 9.34. The molecule has 1 aromatic rings. The van der Waals surface area contributed by atoms with Crippen LogP contribution in [0, 0.1) is 0 Å². The minimum absolute atomic E-state index is 0.260. The third kappa shape index (κ3) is 5.35. The summed E-state index contributed by atoms with van der Waals surface area (Å²) < 4.78 is -2.06. The monoisotopic (exact) mass is 448 g/mol. The summed E-state index contributed by atoms with van der Waals surface area (Å²) in [6.07, 6.45) is -0.429. The van der Waals surface area contributed by atoms with Crippen LogP contribution in [0.3, 0.4) is 0 Å². The van der Waals surface area contributed by atoms with E-state index in [0.29, 0.717) is 0 Å². The quantitative estimate of drug-likeness (QED) is 0.477. The Labute approximate surface area is 143 Å². The lowest BCUT2D eigenvalue weighted by molar-refractivity contribution is -0.126. The summed E-state index contributed by atoms with van der Waals surface area (Å²) in [7, 11) is 0. The van der Waals surface area contributed by atoms with Crippen molar-refractivity contribution in [1.29, 1.82) is 0 Å². The topological polar surface area (TPSA) is 34.1 Å². The van der Waals surface area contributed by atoms with Crippen molar-refractivity contribution >= 4 is 78.2 Å². The van der Waals surface area contributed by atoms with Crippen LogP contribution >= 0.6 is 66.7 Å². The highest BCUT2D eigenvalue weighted by atomic mass is 79.9. The van der Waals surface area contributed by atoms with Crippen molar-refractivity contribution in [1.82, 2.24) is 0 Å². The number of halogens is 5. The predicted octanol–water partition coefficient (Wildman–Crippen LogP) is 4.78. The molecule has 2 atom stereocenters. The normalized spacial score (nSPS) is 14.8. The average molecular weight is 451 g/mol. The summed E-state index contributed by atoms with van der Waals surface area (Å²) in [5.74, 6) is -1.08. The smallest absolute Gasteiger partial charge is 0.249 e. The number of carbonyl (C=O) groups excluding carboxylic acids is 2. The van der Waals surface area contributed by atoms with Crippen molar-refractivity contribution in [2.45, 2.75) is 19.9 Å². The van der Waals surface area contributed by atoms with E-state index in [2.05, 4.69) is 31.9 Å². The van der Waals surface area contributed by atoms with Crippen LogP contribution in [-0.2, 0) is 9.59 Å². The van der Waals surface area contributed by atoms with Crippen LogP contribution in [0.15, 0.2) is 30.3 Å². The van der Waals surface area contributed by atoms with Crippen LogP contribution in [0.25, 0.3) is 0 Å². The second-order valence-electron chi connectivity index (χ2n) is 3.78. The summed E-state index contributed by atoms with van der Waals surface area (Å²) in [5.41, 5.74) is 0.916. The molecule has 0 aliphatic rings. The number of hydrogen-bond donors (Lipinski definition) is 0. The van der Waals surface area contributed by atoms with Gasteiger partial charge < -0.3 is 0 Å². The molecule has 0 amide bonds. The van der Waals surface area contributed by atoms with Crippen molar-refractivity contribution in [2.75, 3.05) is 0 Å². The molecule has 7 heteroatoms. The van der Waals surface area contributed by atoms with Crippen LogP contribution < -0.4 is 0 Å². The predicted molar refractivity (Wildman–Crippen MR) is 85.7 cm³/mol. The van der Waals surface area contributed by atoms with Gasteiger partial charge in [-0.1, -0.05) is 97.0 Å². The van der Waals surface area contributed by atoms with E-state index in [1.807, 2.05) is 30.3 Å². The van der Waals surface area contributed by atoms with Crippen LogP contribution in [-0.4, -0.2) is 20.2 Å². The van der Waals surface area contributed by atoms with Gasteiger partial charge in [0.05, 0.1) is 16.1 Å². The molecule has 0 heterocycles. The molecule has 104 valence electrons. The molecule has 0 aliphatic carbocycles. The minimum atomic E-state index is -2.06. The molecular weight excluding hydrogens is 442 g/mol. The van der Waals surface area contributed by atoms with Gasteiger partial charge in [0.2, 0.25) is 3.79 Å². The van der Waals surface area contributed by atoms with Gasteiger partial charge in [-0.25, -0.2) is 0 Å². The average Bonchev–Trinajstić information content (AvgIpc) is 2.36. The maximum absolute atomic E-state index is 11.9. The Hall–Kier alpha value is 0.390. The van der Waals surface area contributed by atoms with Gasteiger partial charge in [-0.05, 0) is 5.56 Å². The number of benzene rings is 1. The summed E-state index contributed by atoms with van der Waals surface area (Å²) in [6.45, 7) is 0. The number of Topliss-reactive ketones (excluding diaryl/α,β-unsaturated/α-hetero) is 2.